The molecule has 1 aromatic rings. The minimum absolute atomic E-state index is 0.0925. The molecule has 2 aliphatic rings. The van der Waals surface area contributed by atoms with Crippen LogP contribution < -0.4 is 10.1 Å². The predicted octanol–water partition coefficient (Wildman–Crippen LogP) is 2.17. The lowest BCUT2D eigenvalue weighted by atomic mass is 9.92. The molecule has 2 atom stereocenters. The van der Waals surface area contributed by atoms with Gasteiger partial charge in [0.05, 0.1) is 12.2 Å². The monoisotopic (exact) mass is 332 g/mol. The second-order valence-electron chi connectivity index (χ2n) is 6.59. The molecule has 2 fully saturated rings. The number of amides is 1. The maximum atomic E-state index is 13.0. The SMILES string of the molecule is CCOCCOc1ccccc1C(=O)N1CC[C@@H]2CNC[C@@H]2CC1. The summed E-state index contributed by atoms with van der Waals surface area (Å²) in [6, 6.07) is 7.55. The zero-order chi connectivity index (χ0) is 16.8. The van der Waals surface area contributed by atoms with Gasteiger partial charge in [-0.25, -0.2) is 0 Å². The first-order chi connectivity index (χ1) is 11.8. The highest BCUT2D eigenvalue weighted by Crippen LogP contribution is 2.28. The van der Waals surface area contributed by atoms with E-state index >= 15 is 0 Å². The minimum Gasteiger partial charge on any atom is -0.490 e. The van der Waals surface area contributed by atoms with Crippen molar-refractivity contribution in [1.82, 2.24) is 10.2 Å². The molecule has 3 rings (SSSR count). The molecule has 0 aliphatic carbocycles. The Kier molecular flexibility index (Phi) is 6.10. The van der Waals surface area contributed by atoms with Crippen molar-refractivity contribution < 1.29 is 14.3 Å². The van der Waals surface area contributed by atoms with E-state index in [2.05, 4.69) is 5.32 Å². The maximum Gasteiger partial charge on any atom is 0.257 e. The van der Waals surface area contributed by atoms with E-state index < -0.39 is 0 Å². The number of likely N-dealkylation sites (tertiary alicyclic amines) is 1. The molecular weight excluding hydrogens is 304 g/mol. The summed E-state index contributed by atoms with van der Waals surface area (Å²) < 4.78 is 11.1. The summed E-state index contributed by atoms with van der Waals surface area (Å²) >= 11 is 0. The van der Waals surface area contributed by atoms with Crippen molar-refractivity contribution in [2.45, 2.75) is 19.8 Å². The lowest BCUT2D eigenvalue weighted by molar-refractivity contribution is 0.0748. The van der Waals surface area contributed by atoms with Crippen LogP contribution >= 0.6 is 0 Å². The van der Waals surface area contributed by atoms with Gasteiger partial charge < -0.3 is 19.7 Å². The Morgan fingerprint density at radius 3 is 2.58 bits per heavy atom. The molecule has 0 saturated carbocycles. The van der Waals surface area contributed by atoms with Crippen LogP contribution in [0.5, 0.6) is 5.75 Å². The lowest BCUT2D eigenvalue weighted by Gasteiger charge is -2.22. The van der Waals surface area contributed by atoms with Crippen LogP contribution in [0.15, 0.2) is 24.3 Å². The third-order valence-corrected chi connectivity index (χ3v) is 5.11. The van der Waals surface area contributed by atoms with Crippen LogP contribution in [-0.2, 0) is 4.74 Å². The molecule has 2 heterocycles. The number of rotatable bonds is 6. The predicted molar refractivity (Wildman–Crippen MR) is 93.4 cm³/mol. The highest BCUT2D eigenvalue weighted by atomic mass is 16.5. The summed E-state index contributed by atoms with van der Waals surface area (Å²) in [7, 11) is 0. The van der Waals surface area contributed by atoms with Gasteiger partial charge in [-0.2, -0.15) is 0 Å². The number of carbonyl (C=O) groups excluding carboxylic acids is 1. The van der Waals surface area contributed by atoms with E-state index in [1.165, 1.54) is 0 Å². The highest BCUT2D eigenvalue weighted by Gasteiger charge is 2.32. The first kappa shape index (κ1) is 17.2. The van der Waals surface area contributed by atoms with Gasteiger partial charge in [-0.3, -0.25) is 4.79 Å². The number of benzene rings is 1. The van der Waals surface area contributed by atoms with Gasteiger partial charge >= 0.3 is 0 Å². The Labute approximate surface area is 144 Å². The fourth-order valence-electron chi connectivity index (χ4n) is 3.72. The first-order valence-corrected chi connectivity index (χ1v) is 9.09. The van der Waals surface area contributed by atoms with Crippen molar-refractivity contribution in [3.8, 4) is 5.75 Å². The zero-order valence-corrected chi connectivity index (χ0v) is 14.5. The minimum atomic E-state index is 0.0925. The Hall–Kier alpha value is -1.59. The summed E-state index contributed by atoms with van der Waals surface area (Å²) in [5, 5.41) is 3.48. The summed E-state index contributed by atoms with van der Waals surface area (Å²) in [6.45, 7) is 7.53. The standard InChI is InChI=1S/C19H28N2O3/c1-2-23-11-12-24-18-6-4-3-5-17(18)19(22)21-9-7-15-13-20-14-16(15)8-10-21/h3-6,15-16,20H,2,7-14H2,1H3/t15-,16+. The molecule has 0 unspecified atom stereocenters. The molecule has 132 valence electrons. The Morgan fingerprint density at radius 2 is 1.88 bits per heavy atom. The van der Waals surface area contributed by atoms with Crippen molar-refractivity contribution >= 4 is 5.91 Å². The molecule has 1 amide bonds. The molecule has 0 spiro atoms. The first-order valence-electron chi connectivity index (χ1n) is 9.09. The van der Waals surface area contributed by atoms with E-state index in [9.17, 15) is 4.79 Å². The van der Waals surface area contributed by atoms with E-state index in [0.29, 0.717) is 31.1 Å². The van der Waals surface area contributed by atoms with Crippen LogP contribution in [0.1, 0.15) is 30.1 Å². The molecular formula is C19H28N2O3. The van der Waals surface area contributed by atoms with E-state index in [0.717, 1.165) is 50.9 Å². The van der Waals surface area contributed by atoms with Gasteiger partial charge in [0, 0.05) is 19.7 Å². The fraction of sp³-hybridized carbons (Fsp3) is 0.632. The number of nitrogens with one attached hydrogen (secondary N) is 1. The largest absolute Gasteiger partial charge is 0.490 e. The van der Waals surface area contributed by atoms with Crippen LogP contribution in [0, 0.1) is 11.8 Å². The summed E-state index contributed by atoms with van der Waals surface area (Å²) in [5.41, 5.74) is 0.666. The van der Waals surface area contributed by atoms with E-state index in [4.69, 9.17) is 9.47 Å². The number of ether oxygens (including phenoxy) is 2. The van der Waals surface area contributed by atoms with E-state index in [1.54, 1.807) is 0 Å². The molecule has 0 radical (unpaired) electrons. The molecule has 2 aliphatic heterocycles. The Morgan fingerprint density at radius 1 is 1.17 bits per heavy atom. The second kappa shape index (κ2) is 8.49. The van der Waals surface area contributed by atoms with Crippen LogP contribution in [0.3, 0.4) is 0 Å². The maximum absolute atomic E-state index is 13.0. The third-order valence-electron chi connectivity index (χ3n) is 5.11. The molecule has 1 aromatic carbocycles. The van der Waals surface area contributed by atoms with Crippen LogP contribution in [-0.4, -0.2) is 56.8 Å². The average Bonchev–Trinajstić information content (AvgIpc) is 2.97. The smallest absolute Gasteiger partial charge is 0.257 e. The molecule has 5 nitrogen and oxygen atoms in total. The second-order valence-corrected chi connectivity index (χ2v) is 6.59. The van der Waals surface area contributed by atoms with Crippen LogP contribution in [0.25, 0.3) is 0 Å². The van der Waals surface area contributed by atoms with Gasteiger partial charge in [0.1, 0.15) is 12.4 Å². The number of nitrogens with zero attached hydrogens (tertiary/aromatic N) is 1. The van der Waals surface area contributed by atoms with E-state index in [-0.39, 0.29) is 5.91 Å². The fourth-order valence-corrected chi connectivity index (χ4v) is 3.72. The average molecular weight is 332 g/mol. The number of para-hydroxylation sites is 1. The molecule has 0 aromatic heterocycles. The van der Waals surface area contributed by atoms with Gasteiger partial charge in [0.2, 0.25) is 0 Å². The molecule has 5 heteroatoms. The topological polar surface area (TPSA) is 50.8 Å². The van der Waals surface area contributed by atoms with Crippen molar-refractivity contribution in [2.24, 2.45) is 11.8 Å². The van der Waals surface area contributed by atoms with Crippen molar-refractivity contribution in [1.29, 1.82) is 0 Å². The summed E-state index contributed by atoms with van der Waals surface area (Å²) in [6.07, 6.45) is 2.19. The number of hydrogen-bond donors (Lipinski definition) is 1. The van der Waals surface area contributed by atoms with Gasteiger partial charge in [0.15, 0.2) is 0 Å². The summed E-state index contributed by atoms with van der Waals surface area (Å²) in [4.78, 5) is 15.0. The molecule has 1 N–H and O–H groups in total. The van der Waals surface area contributed by atoms with Crippen molar-refractivity contribution in [3.05, 3.63) is 29.8 Å². The van der Waals surface area contributed by atoms with Crippen molar-refractivity contribution in [3.63, 3.8) is 0 Å². The zero-order valence-electron chi connectivity index (χ0n) is 14.5. The summed E-state index contributed by atoms with van der Waals surface area (Å²) in [5.74, 6) is 2.20. The van der Waals surface area contributed by atoms with Gasteiger partial charge in [-0.05, 0) is 56.8 Å². The van der Waals surface area contributed by atoms with Crippen molar-refractivity contribution in [2.75, 3.05) is 46.0 Å². The van der Waals surface area contributed by atoms with Crippen LogP contribution in [0.2, 0.25) is 0 Å². The third kappa shape index (κ3) is 4.08. The van der Waals surface area contributed by atoms with Gasteiger partial charge in [0.25, 0.3) is 5.91 Å². The number of hydrogen-bond acceptors (Lipinski definition) is 4. The lowest BCUT2D eigenvalue weighted by Crippen LogP contribution is -2.33. The highest BCUT2D eigenvalue weighted by molar-refractivity contribution is 5.97. The molecule has 24 heavy (non-hydrogen) atoms. The van der Waals surface area contributed by atoms with Crippen LogP contribution in [0.4, 0.5) is 0 Å². The van der Waals surface area contributed by atoms with Gasteiger partial charge in [-0.15, -0.1) is 0 Å². The Balaban J connectivity index is 1.63. The number of fused-ring (bicyclic) bond motifs is 1. The Bertz CT molecular complexity index is 535. The van der Waals surface area contributed by atoms with E-state index in [1.807, 2.05) is 36.1 Å². The molecule has 0 bridgehead atoms. The quantitative estimate of drug-likeness (QED) is 0.811. The normalized spacial score (nSPS) is 23.6. The number of carbonyl (C=O) groups is 1. The molecule has 2 saturated heterocycles. The van der Waals surface area contributed by atoms with Gasteiger partial charge in [-0.1, -0.05) is 12.1 Å².